The maximum Gasteiger partial charge on any atom is 0.232 e. The Morgan fingerprint density at radius 3 is 3.00 bits per heavy atom. The number of aromatic nitrogens is 1. The summed E-state index contributed by atoms with van der Waals surface area (Å²) in [5.41, 5.74) is 0.972. The van der Waals surface area contributed by atoms with Gasteiger partial charge in [-0.1, -0.05) is 0 Å². The molecule has 0 unspecified atom stereocenters. The maximum atomic E-state index is 11.9. The van der Waals surface area contributed by atoms with Gasteiger partial charge >= 0.3 is 0 Å². The smallest absolute Gasteiger partial charge is 0.232 e. The molecule has 1 aromatic heterocycles. The van der Waals surface area contributed by atoms with E-state index in [-0.39, 0.29) is 11.5 Å². The van der Waals surface area contributed by atoms with Crippen LogP contribution in [-0.4, -0.2) is 59.7 Å². The molecule has 5 nitrogen and oxygen atoms in total. The van der Waals surface area contributed by atoms with Gasteiger partial charge in [0.05, 0.1) is 32.1 Å². The maximum absolute atomic E-state index is 11.9. The van der Waals surface area contributed by atoms with Gasteiger partial charge in [0.25, 0.3) is 0 Å². The molecule has 2 saturated heterocycles. The highest BCUT2D eigenvalue weighted by atomic mass is 32.2. The van der Waals surface area contributed by atoms with E-state index in [0.717, 1.165) is 31.7 Å². The third-order valence-corrected chi connectivity index (χ3v) is 5.01. The molecule has 0 aromatic carbocycles. The van der Waals surface area contributed by atoms with Crippen molar-refractivity contribution in [3.8, 4) is 0 Å². The molecule has 2 fully saturated rings. The molecule has 1 amide bonds. The second-order valence-corrected chi connectivity index (χ2v) is 6.82. The van der Waals surface area contributed by atoms with Crippen LogP contribution in [0, 0.1) is 5.92 Å². The van der Waals surface area contributed by atoms with Crippen LogP contribution in [0.4, 0.5) is 0 Å². The number of nitrogens with zero attached hydrogens (tertiary/aromatic N) is 2. The summed E-state index contributed by atoms with van der Waals surface area (Å²) >= 11 is 1.57. The summed E-state index contributed by atoms with van der Waals surface area (Å²) in [6, 6.07) is 3.93. The Morgan fingerprint density at radius 1 is 1.50 bits per heavy atom. The first-order chi connectivity index (χ1) is 10.7. The summed E-state index contributed by atoms with van der Waals surface area (Å²) in [5, 5.41) is 0. The lowest BCUT2D eigenvalue weighted by molar-refractivity contribution is -0.166. The fraction of sp³-hybridized carbons (Fsp3) is 0.625. The third kappa shape index (κ3) is 3.29. The zero-order valence-electron chi connectivity index (χ0n) is 12.9. The molecule has 3 rings (SSSR count). The number of carbonyl (C=O) groups is 1. The lowest BCUT2D eigenvalue weighted by Crippen LogP contribution is -2.67. The lowest BCUT2D eigenvalue weighted by Gasteiger charge is -2.50. The number of thioether (sulfide) groups is 1. The molecule has 6 heteroatoms. The van der Waals surface area contributed by atoms with Gasteiger partial charge in [0.2, 0.25) is 5.91 Å². The predicted molar refractivity (Wildman–Crippen MR) is 85.6 cm³/mol. The molecule has 2 aliphatic rings. The first kappa shape index (κ1) is 15.8. The Morgan fingerprint density at radius 2 is 2.27 bits per heavy atom. The van der Waals surface area contributed by atoms with Crippen LogP contribution in [0.2, 0.25) is 0 Å². The van der Waals surface area contributed by atoms with E-state index < -0.39 is 0 Å². The molecular formula is C16H22N2O3S. The Labute approximate surface area is 135 Å². The van der Waals surface area contributed by atoms with Crippen LogP contribution < -0.4 is 0 Å². The van der Waals surface area contributed by atoms with Crippen LogP contribution in [0.1, 0.15) is 12.0 Å². The van der Waals surface area contributed by atoms with E-state index in [1.54, 1.807) is 24.2 Å². The number of likely N-dealkylation sites (tertiary alicyclic amines) is 1. The molecule has 22 heavy (non-hydrogen) atoms. The summed E-state index contributed by atoms with van der Waals surface area (Å²) < 4.78 is 11.8. The Bertz CT molecular complexity index is 505. The van der Waals surface area contributed by atoms with Gasteiger partial charge in [-0.05, 0) is 30.4 Å². The van der Waals surface area contributed by atoms with Crippen molar-refractivity contribution in [1.29, 1.82) is 0 Å². The largest absolute Gasteiger partial charge is 0.376 e. The monoisotopic (exact) mass is 322 g/mol. The topological polar surface area (TPSA) is 51.7 Å². The van der Waals surface area contributed by atoms with E-state index in [1.165, 1.54) is 0 Å². The van der Waals surface area contributed by atoms with Crippen LogP contribution in [0.5, 0.6) is 0 Å². The van der Waals surface area contributed by atoms with Crippen molar-refractivity contribution in [3.05, 3.63) is 30.1 Å². The lowest BCUT2D eigenvalue weighted by atomic mass is 9.81. The van der Waals surface area contributed by atoms with Crippen LogP contribution in [0.25, 0.3) is 0 Å². The van der Waals surface area contributed by atoms with Crippen molar-refractivity contribution in [2.45, 2.75) is 18.6 Å². The van der Waals surface area contributed by atoms with Crippen LogP contribution >= 0.6 is 11.8 Å². The summed E-state index contributed by atoms with van der Waals surface area (Å²) in [6.07, 6.45) is 6.52. The number of rotatable bonds is 6. The summed E-state index contributed by atoms with van der Waals surface area (Å²) in [4.78, 5) is 17.8. The number of amides is 1. The van der Waals surface area contributed by atoms with E-state index in [4.69, 9.17) is 9.47 Å². The predicted octanol–water partition coefficient (Wildman–Crippen LogP) is 1.58. The zero-order valence-corrected chi connectivity index (χ0v) is 13.7. The second kappa shape index (κ2) is 6.98. The average Bonchev–Trinajstić information content (AvgIpc) is 2.91. The normalized spacial score (nSPS) is 22.8. The van der Waals surface area contributed by atoms with E-state index in [1.807, 2.05) is 23.3 Å². The molecule has 0 saturated carbocycles. The number of hydrogen-bond acceptors (Lipinski definition) is 5. The molecule has 120 valence electrons. The first-order valence-electron chi connectivity index (χ1n) is 7.61. The van der Waals surface area contributed by atoms with Gasteiger partial charge in [-0.2, -0.15) is 11.8 Å². The van der Waals surface area contributed by atoms with Crippen molar-refractivity contribution in [1.82, 2.24) is 9.88 Å². The summed E-state index contributed by atoms with van der Waals surface area (Å²) in [7, 11) is 0. The molecule has 1 aromatic rings. The minimum Gasteiger partial charge on any atom is -0.376 e. The van der Waals surface area contributed by atoms with E-state index >= 15 is 0 Å². The number of carbonyl (C=O) groups excluding carboxylic acids is 1. The molecule has 0 N–H and O–H groups in total. The van der Waals surface area contributed by atoms with Crippen molar-refractivity contribution >= 4 is 17.7 Å². The van der Waals surface area contributed by atoms with Gasteiger partial charge in [-0.3, -0.25) is 9.78 Å². The van der Waals surface area contributed by atoms with Gasteiger partial charge in [0.1, 0.15) is 5.60 Å². The van der Waals surface area contributed by atoms with E-state index in [2.05, 4.69) is 4.98 Å². The van der Waals surface area contributed by atoms with Crippen molar-refractivity contribution in [3.63, 3.8) is 0 Å². The summed E-state index contributed by atoms with van der Waals surface area (Å²) in [5.74, 6) is 1.15. The van der Waals surface area contributed by atoms with E-state index in [0.29, 0.717) is 24.9 Å². The molecule has 0 aliphatic carbocycles. The Kier molecular flexibility index (Phi) is 5.00. The number of hydrogen-bond donors (Lipinski definition) is 0. The minimum absolute atomic E-state index is 0.160. The highest BCUT2D eigenvalue weighted by Crippen LogP contribution is 2.40. The van der Waals surface area contributed by atoms with Crippen molar-refractivity contribution in [2.75, 3.05) is 38.3 Å². The minimum atomic E-state index is -0.160. The molecule has 1 atom stereocenters. The standard InChI is InChI=1S/C16H22N2O3S/c1-22-10-15(19)18-11-16(12-18)14(4-7-21-16)9-20-8-13-2-5-17-6-3-13/h2-3,5-6,14H,4,7-12H2,1H3/t14-/m1/s1. The molecule has 3 heterocycles. The van der Waals surface area contributed by atoms with E-state index in [9.17, 15) is 4.79 Å². The fourth-order valence-electron chi connectivity index (χ4n) is 3.16. The third-order valence-electron chi connectivity index (χ3n) is 4.47. The van der Waals surface area contributed by atoms with Gasteiger partial charge in [0.15, 0.2) is 0 Å². The summed E-state index contributed by atoms with van der Waals surface area (Å²) in [6.45, 7) is 3.50. The second-order valence-electron chi connectivity index (χ2n) is 5.95. The van der Waals surface area contributed by atoms with Gasteiger partial charge in [-0.15, -0.1) is 0 Å². The molecule has 0 bridgehead atoms. The van der Waals surface area contributed by atoms with Gasteiger partial charge < -0.3 is 14.4 Å². The van der Waals surface area contributed by atoms with Crippen LogP contribution in [0.3, 0.4) is 0 Å². The number of pyridine rings is 1. The average molecular weight is 322 g/mol. The first-order valence-corrected chi connectivity index (χ1v) is 9.00. The number of ether oxygens (including phenoxy) is 2. The Balaban J connectivity index is 1.47. The molecule has 1 spiro atoms. The molecular weight excluding hydrogens is 300 g/mol. The van der Waals surface area contributed by atoms with Gasteiger partial charge in [-0.25, -0.2) is 0 Å². The fourth-order valence-corrected chi connectivity index (χ4v) is 3.59. The molecule has 2 aliphatic heterocycles. The van der Waals surface area contributed by atoms with Crippen molar-refractivity contribution < 1.29 is 14.3 Å². The Hall–Kier alpha value is -1.11. The highest BCUT2D eigenvalue weighted by Gasteiger charge is 2.54. The quantitative estimate of drug-likeness (QED) is 0.796. The SMILES string of the molecule is CSCC(=O)N1CC2(C1)OCC[C@@H]2COCc1ccncc1. The highest BCUT2D eigenvalue weighted by molar-refractivity contribution is 7.99. The zero-order chi connectivity index (χ0) is 15.4. The van der Waals surface area contributed by atoms with Crippen LogP contribution in [-0.2, 0) is 20.9 Å². The molecule has 0 radical (unpaired) electrons. The van der Waals surface area contributed by atoms with Crippen molar-refractivity contribution in [2.24, 2.45) is 5.92 Å². The van der Waals surface area contributed by atoms with Crippen LogP contribution in [0.15, 0.2) is 24.5 Å². The van der Waals surface area contributed by atoms with Gasteiger partial charge in [0, 0.05) is 24.9 Å².